The van der Waals surface area contributed by atoms with Crippen LogP contribution in [0.3, 0.4) is 0 Å². The average Bonchev–Trinajstić information content (AvgIpc) is 3.05. The van der Waals surface area contributed by atoms with Gasteiger partial charge in [-0.05, 0) is 97.7 Å². The maximum atomic E-state index is 13.3. The van der Waals surface area contributed by atoms with E-state index in [0.717, 1.165) is 19.3 Å². The number of hydrogen-bond donors (Lipinski definition) is 3. The first kappa shape index (κ1) is 23.7. The number of ketones is 1. The number of rotatable bonds is 5. The fourth-order valence-corrected chi connectivity index (χ4v) is 9.01. The van der Waals surface area contributed by atoms with Gasteiger partial charge in [0.15, 0.2) is 0 Å². The Morgan fingerprint density at radius 1 is 0.968 bits per heavy atom. The predicted octanol–water partition coefficient (Wildman–Crippen LogP) is 4.59. The molecule has 4 aliphatic carbocycles. The highest BCUT2D eigenvalue weighted by molar-refractivity contribution is 5.83. The summed E-state index contributed by atoms with van der Waals surface area (Å²) in [6.45, 7) is 11.4. The quantitative estimate of drug-likeness (QED) is 0.591. The Hall–Kier alpha value is -0.450. The summed E-state index contributed by atoms with van der Waals surface area (Å²) in [4.78, 5) is 13.3. The molecule has 4 rings (SSSR count). The third-order valence-corrected chi connectivity index (χ3v) is 10.8. The van der Waals surface area contributed by atoms with Crippen molar-refractivity contribution in [2.24, 2.45) is 52.3 Å². The van der Waals surface area contributed by atoms with Gasteiger partial charge < -0.3 is 15.3 Å². The minimum absolute atomic E-state index is 0.0921. The summed E-state index contributed by atoms with van der Waals surface area (Å²) in [7, 11) is 0. The number of aliphatic hydroxyl groups is 3. The van der Waals surface area contributed by atoms with Crippen molar-refractivity contribution >= 4 is 5.78 Å². The summed E-state index contributed by atoms with van der Waals surface area (Å²) in [5.74, 6) is 3.10. The van der Waals surface area contributed by atoms with Crippen molar-refractivity contribution in [1.29, 1.82) is 0 Å². The van der Waals surface area contributed by atoms with Crippen LogP contribution in [0.25, 0.3) is 0 Å². The van der Waals surface area contributed by atoms with Gasteiger partial charge in [-0.3, -0.25) is 4.79 Å². The number of aliphatic hydroxyl groups excluding tert-OH is 3. The molecule has 0 amide bonds. The van der Waals surface area contributed by atoms with Gasteiger partial charge in [0.25, 0.3) is 0 Å². The van der Waals surface area contributed by atoms with E-state index in [1.807, 2.05) is 0 Å². The number of Topliss-reactive ketones (excluding diaryl/α,β-unsaturated/α-hetero) is 1. The minimum atomic E-state index is -0.753. The predicted molar refractivity (Wildman–Crippen MR) is 122 cm³/mol. The van der Waals surface area contributed by atoms with E-state index in [4.69, 9.17) is 0 Å². The van der Waals surface area contributed by atoms with Gasteiger partial charge in [0.05, 0.1) is 18.3 Å². The van der Waals surface area contributed by atoms with Crippen molar-refractivity contribution in [3.05, 3.63) is 0 Å². The topological polar surface area (TPSA) is 77.8 Å². The average molecular weight is 435 g/mol. The second-order valence-corrected chi connectivity index (χ2v) is 12.8. The maximum absolute atomic E-state index is 13.3. The van der Waals surface area contributed by atoms with Crippen molar-refractivity contribution in [2.75, 3.05) is 0 Å². The van der Waals surface area contributed by atoms with Crippen molar-refractivity contribution in [3.8, 4) is 0 Å². The van der Waals surface area contributed by atoms with E-state index in [1.165, 1.54) is 19.3 Å². The molecule has 0 aromatic carbocycles. The SMILES string of the molecule is CC(C)CC[C@H](O)[C@@H](C)[C@H]1CC[C@H]2[C@@H]3CC(=O)[C@H]4C[C@H](O)[C@H](O)C[C@]4(C)[C@H]3CC[C@]12C. The highest BCUT2D eigenvalue weighted by Crippen LogP contribution is 2.67. The van der Waals surface area contributed by atoms with Gasteiger partial charge in [-0.1, -0.05) is 34.6 Å². The molecule has 0 spiro atoms. The van der Waals surface area contributed by atoms with Gasteiger partial charge in [0.2, 0.25) is 0 Å². The van der Waals surface area contributed by atoms with Crippen LogP contribution in [0, 0.1) is 52.3 Å². The molecule has 0 aromatic rings. The van der Waals surface area contributed by atoms with E-state index >= 15 is 0 Å². The molecule has 0 bridgehead atoms. The second-order valence-electron chi connectivity index (χ2n) is 12.8. The van der Waals surface area contributed by atoms with E-state index in [2.05, 4.69) is 34.6 Å². The Labute approximate surface area is 189 Å². The Kier molecular flexibility index (Phi) is 6.42. The van der Waals surface area contributed by atoms with Crippen molar-refractivity contribution in [3.63, 3.8) is 0 Å². The molecule has 0 unspecified atom stereocenters. The van der Waals surface area contributed by atoms with E-state index in [1.54, 1.807) is 0 Å². The molecular weight excluding hydrogens is 388 g/mol. The van der Waals surface area contributed by atoms with Gasteiger partial charge in [-0.15, -0.1) is 0 Å². The summed E-state index contributed by atoms with van der Waals surface area (Å²) in [5, 5.41) is 31.7. The largest absolute Gasteiger partial charge is 0.393 e. The maximum Gasteiger partial charge on any atom is 0.136 e. The molecule has 4 nitrogen and oxygen atoms in total. The lowest BCUT2D eigenvalue weighted by molar-refractivity contribution is -0.174. The zero-order chi connectivity index (χ0) is 22.7. The normalized spacial score (nSPS) is 49.3. The van der Waals surface area contributed by atoms with Gasteiger partial charge in [-0.2, -0.15) is 0 Å². The van der Waals surface area contributed by atoms with Crippen LogP contribution in [0.2, 0.25) is 0 Å². The van der Waals surface area contributed by atoms with Crippen LogP contribution in [-0.4, -0.2) is 39.4 Å². The highest BCUT2D eigenvalue weighted by Gasteiger charge is 2.63. The summed E-state index contributed by atoms with van der Waals surface area (Å²) in [6.07, 6.45) is 6.55. The first-order valence-corrected chi connectivity index (χ1v) is 13.1. The van der Waals surface area contributed by atoms with E-state index in [0.29, 0.717) is 60.6 Å². The molecular formula is C27H46O4. The van der Waals surface area contributed by atoms with Crippen LogP contribution in [0.4, 0.5) is 0 Å². The molecule has 0 radical (unpaired) electrons. The lowest BCUT2D eigenvalue weighted by Crippen LogP contribution is -2.59. The zero-order valence-electron chi connectivity index (χ0n) is 20.4. The monoisotopic (exact) mass is 434 g/mol. The van der Waals surface area contributed by atoms with E-state index in [-0.39, 0.29) is 22.9 Å². The highest BCUT2D eigenvalue weighted by atomic mass is 16.3. The summed E-state index contributed by atoms with van der Waals surface area (Å²) in [5.41, 5.74) is 0.0239. The minimum Gasteiger partial charge on any atom is -0.393 e. The molecule has 4 saturated carbocycles. The second kappa shape index (κ2) is 8.40. The first-order valence-electron chi connectivity index (χ1n) is 13.1. The molecule has 0 aromatic heterocycles. The van der Waals surface area contributed by atoms with Gasteiger partial charge in [0, 0.05) is 12.3 Å². The molecule has 0 heterocycles. The standard InChI is InChI=1S/C27H46O4/c1-15(2)6-9-22(28)16(3)18-7-8-19-17-12-23(29)21-13-24(30)25(31)14-27(21,5)20(17)10-11-26(18,19)4/h15-22,24-25,28,30-31H,6-14H2,1-5H3/t16-,17-,18+,19-,20-,21+,22-,24-,25+,26+,27+/m0/s1. The Bertz CT molecular complexity index is 676. The van der Waals surface area contributed by atoms with Crippen molar-refractivity contribution in [2.45, 2.75) is 111 Å². The number of hydrogen-bond acceptors (Lipinski definition) is 4. The molecule has 4 aliphatic rings. The number of carbonyl (C=O) groups excluding carboxylic acids is 1. The lowest BCUT2D eigenvalue weighted by atomic mass is 9.44. The number of carbonyl (C=O) groups is 1. The van der Waals surface area contributed by atoms with Crippen LogP contribution in [-0.2, 0) is 4.79 Å². The summed E-state index contributed by atoms with van der Waals surface area (Å²) in [6, 6.07) is 0. The molecule has 178 valence electrons. The van der Waals surface area contributed by atoms with Crippen molar-refractivity contribution < 1.29 is 20.1 Å². The Morgan fingerprint density at radius 3 is 2.32 bits per heavy atom. The molecule has 3 N–H and O–H groups in total. The summed E-state index contributed by atoms with van der Waals surface area (Å²) < 4.78 is 0. The smallest absolute Gasteiger partial charge is 0.136 e. The van der Waals surface area contributed by atoms with Gasteiger partial charge in [-0.25, -0.2) is 0 Å². The third kappa shape index (κ3) is 3.83. The number of fused-ring (bicyclic) bond motifs is 5. The Morgan fingerprint density at radius 2 is 1.65 bits per heavy atom. The lowest BCUT2D eigenvalue weighted by Gasteiger charge is -2.61. The molecule has 0 saturated heterocycles. The zero-order valence-corrected chi connectivity index (χ0v) is 20.4. The van der Waals surface area contributed by atoms with E-state index < -0.39 is 12.2 Å². The van der Waals surface area contributed by atoms with Crippen LogP contribution in [0.1, 0.15) is 92.4 Å². The summed E-state index contributed by atoms with van der Waals surface area (Å²) >= 11 is 0. The Balaban J connectivity index is 1.54. The fraction of sp³-hybridized carbons (Fsp3) is 0.963. The van der Waals surface area contributed by atoms with Crippen LogP contribution >= 0.6 is 0 Å². The fourth-order valence-electron chi connectivity index (χ4n) is 9.01. The first-order chi connectivity index (χ1) is 14.5. The molecule has 0 aliphatic heterocycles. The van der Waals surface area contributed by atoms with Crippen LogP contribution < -0.4 is 0 Å². The molecule has 4 fully saturated rings. The van der Waals surface area contributed by atoms with Gasteiger partial charge in [0.1, 0.15) is 5.78 Å². The molecule has 4 heteroatoms. The van der Waals surface area contributed by atoms with Crippen molar-refractivity contribution in [1.82, 2.24) is 0 Å². The molecule has 11 atom stereocenters. The van der Waals surface area contributed by atoms with E-state index in [9.17, 15) is 20.1 Å². The van der Waals surface area contributed by atoms with Crippen LogP contribution in [0.5, 0.6) is 0 Å². The third-order valence-electron chi connectivity index (χ3n) is 10.8. The van der Waals surface area contributed by atoms with Gasteiger partial charge >= 0.3 is 0 Å². The molecule has 31 heavy (non-hydrogen) atoms. The van der Waals surface area contributed by atoms with Crippen LogP contribution in [0.15, 0.2) is 0 Å².